The molecule has 0 N–H and O–H groups in total. The van der Waals surface area contributed by atoms with Crippen molar-refractivity contribution in [2.24, 2.45) is 0 Å². The summed E-state index contributed by atoms with van der Waals surface area (Å²) >= 11 is 3.41. The van der Waals surface area contributed by atoms with Crippen molar-refractivity contribution in [3.05, 3.63) is 16.6 Å². The van der Waals surface area contributed by atoms with Crippen LogP contribution in [0.2, 0.25) is 0 Å². The minimum atomic E-state index is -0.140. The highest BCUT2D eigenvalue weighted by molar-refractivity contribution is 8.00. The number of aromatic nitrogens is 1. The van der Waals surface area contributed by atoms with E-state index in [1.807, 2.05) is 17.8 Å². The molecule has 0 atom stereocenters. The first-order chi connectivity index (χ1) is 7.78. The van der Waals surface area contributed by atoms with Crippen molar-refractivity contribution in [1.29, 1.82) is 5.26 Å². The fourth-order valence-electron chi connectivity index (χ4n) is 1.96. The van der Waals surface area contributed by atoms with E-state index in [9.17, 15) is 5.26 Å². The van der Waals surface area contributed by atoms with E-state index in [-0.39, 0.29) is 4.75 Å². The fraction of sp³-hybridized carbons (Fsp3) is 0.636. The summed E-state index contributed by atoms with van der Waals surface area (Å²) in [5.74, 6) is 0. The first-order valence-corrected chi connectivity index (χ1v) is 7.45. The van der Waals surface area contributed by atoms with Gasteiger partial charge in [-0.1, -0.05) is 0 Å². The summed E-state index contributed by atoms with van der Waals surface area (Å²) in [5.41, 5.74) is 0. The zero-order chi connectivity index (χ0) is 11.4. The lowest BCUT2D eigenvalue weighted by atomic mass is 9.97. The molecule has 0 radical (unpaired) electrons. The van der Waals surface area contributed by atoms with E-state index in [0.29, 0.717) is 0 Å². The molecule has 0 aliphatic carbocycles. The van der Waals surface area contributed by atoms with Crippen LogP contribution in [0.15, 0.2) is 11.6 Å². The van der Waals surface area contributed by atoms with Gasteiger partial charge < -0.3 is 0 Å². The number of piperidine rings is 1. The van der Waals surface area contributed by atoms with Crippen molar-refractivity contribution in [3.63, 3.8) is 0 Å². The zero-order valence-electron chi connectivity index (χ0n) is 9.35. The molecule has 0 bridgehead atoms. The summed E-state index contributed by atoms with van der Waals surface area (Å²) in [6.07, 6.45) is 5.83. The summed E-state index contributed by atoms with van der Waals surface area (Å²) < 4.78 is -0.140. The van der Waals surface area contributed by atoms with Gasteiger partial charge in [0.15, 0.2) is 0 Å². The summed E-state index contributed by atoms with van der Waals surface area (Å²) in [4.78, 5) is 6.69. The number of hydrogen-bond donors (Lipinski definition) is 0. The Morgan fingerprint density at radius 2 is 2.38 bits per heavy atom. The smallest absolute Gasteiger partial charge is 0.107 e. The van der Waals surface area contributed by atoms with Gasteiger partial charge >= 0.3 is 0 Å². The molecule has 16 heavy (non-hydrogen) atoms. The normalized spacial score (nSPS) is 20.5. The maximum absolute atomic E-state index is 9.18. The molecule has 1 fully saturated rings. The Bertz CT molecular complexity index is 361. The van der Waals surface area contributed by atoms with Crippen molar-refractivity contribution in [2.75, 3.05) is 19.3 Å². The first-order valence-electron chi connectivity index (χ1n) is 5.35. The highest BCUT2D eigenvalue weighted by atomic mass is 32.2. The molecule has 2 rings (SSSR count). The highest BCUT2D eigenvalue weighted by Gasteiger charge is 2.33. The average molecular weight is 253 g/mol. The SMILES string of the molecule is CSC1(C#N)CCN(Cc2nccs2)CC1. The van der Waals surface area contributed by atoms with Gasteiger partial charge in [0.05, 0.1) is 12.6 Å². The number of nitrogens with zero attached hydrogens (tertiary/aromatic N) is 3. The number of nitriles is 1. The molecule has 0 saturated carbocycles. The molecule has 1 aliphatic heterocycles. The van der Waals surface area contributed by atoms with Gasteiger partial charge in [0.1, 0.15) is 9.75 Å². The highest BCUT2D eigenvalue weighted by Crippen LogP contribution is 2.34. The van der Waals surface area contributed by atoms with Gasteiger partial charge in [-0.05, 0) is 19.1 Å². The van der Waals surface area contributed by atoms with E-state index in [0.717, 1.165) is 32.5 Å². The van der Waals surface area contributed by atoms with Gasteiger partial charge in [0.2, 0.25) is 0 Å². The zero-order valence-corrected chi connectivity index (χ0v) is 11.0. The van der Waals surface area contributed by atoms with Crippen LogP contribution in [0.3, 0.4) is 0 Å². The van der Waals surface area contributed by atoms with Crippen LogP contribution in [0.1, 0.15) is 17.8 Å². The molecular weight excluding hydrogens is 238 g/mol. The molecule has 1 aliphatic rings. The molecule has 1 saturated heterocycles. The number of thioether (sulfide) groups is 1. The number of likely N-dealkylation sites (tertiary alicyclic amines) is 1. The number of hydrogen-bond acceptors (Lipinski definition) is 5. The molecule has 5 heteroatoms. The maximum atomic E-state index is 9.18. The van der Waals surface area contributed by atoms with Crippen LogP contribution in [0.25, 0.3) is 0 Å². The third-order valence-electron chi connectivity index (χ3n) is 3.10. The van der Waals surface area contributed by atoms with Crippen LogP contribution in [0, 0.1) is 11.3 Å². The van der Waals surface area contributed by atoms with E-state index >= 15 is 0 Å². The van der Waals surface area contributed by atoms with Crippen molar-refractivity contribution in [2.45, 2.75) is 24.1 Å². The Morgan fingerprint density at radius 1 is 1.62 bits per heavy atom. The van der Waals surface area contributed by atoms with Crippen LogP contribution in [0.4, 0.5) is 0 Å². The van der Waals surface area contributed by atoms with Gasteiger partial charge in [-0.15, -0.1) is 23.1 Å². The predicted octanol–water partition coefficient (Wildman–Crippen LogP) is 2.36. The molecule has 3 nitrogen and oxygen atoms in total. The lowest BCUT2D eigenvalue weighted by molar-refractivity contribution is 0.209. The fourth-order valence-corrected chi connectivity index (χ4v) is 3.30. The predicted molar refractivity (Wildman–Crippen MR) is 68.5 cm³/mol. The Hall–Kier alpha value is -0.570. The molecule has 86 valence electrons. The Labute approximate surface area is 104 Å². The summed E-state index contributed by atoms with van der Waals surface area (Å²) in [6.45, 7) is 2.95. The minimum Gasteiger partial charge on any atom is -0.296 e. The minimum absolute atomic E-state index is 0.140. The Morgan fingerprint density at radius 3 is 2.88 bits per heavy atom. The van der Waals surface area contributed by atoms with Crippen molar-refractivity contribution >= 4 is 23.1 Å². The third kappa shape index (κ3) is 2.57. The van der Waals surface area contributed by atoms with Crippen LogP contribution in [0.5, 0.6) is 0 Å². The second kappa shape index (κ2) is 5.17. The van der Waals surface area contributed by atoms with Crippen molar-refractivity contribution in [1.82, 2.24) is 9.88 Å². The number of thiazole rings is 1. The first kappa shape index (κ1) is 11.9. The summed E-state index contributed by atoms with van der Waals surface area (Å²) in [5, 5.41) is 12.4. The van der Waals surface area contributed by atoms with E-state index in [4.69, 9.17) is 0 Å². The van der Waals surface area contributed by atoms with Crippen LogP contribution in [-0.2, 0) is 6.54 Å². The second-order valence-electron chi connectivity index (χ2n) is 4.01. The maximum Gasteiger partial charge on any atom is 0.107 e. The van der Waals surface area contributed by atoms with Crippen LogP contribution in [-0.4, -0.2) is 34.0 Å². The van der Waals surface area contributed by atoms with Gasteiger partial charge in [-0.2, -0.15) is 5.26 Å². The van der Waals surface area contributed by atoms with Crippen molar-refractivity contribution < 1.29 is 0 Å². The monoisotopic (exact) mass is 253 g/mol. The topological polar surface area (TPSA) is 39.9 Å². The quantitative estimate of drug-likeness (QED) is 0.829. The van der Waals surface area contributed by atoms with E-state index < -0.39 is 0 Å². The van der Waals surface area contributed by atoms with Crippen LogP contribution < -0.4 is 0 Å². The molecule has 1 aromatic heterocycles. The van der Waals surface area contributed by atoms with Gasteiger partial charge in [0, 0.05) is 24.7 Å². The standard InChI is InChI=1S/C11H15N3S2/c1-15-11(9-12)2-5-14(6-3-11)8-10-13-4-7-16-10/h4,7H,2-3,5-6,8H2,1H3. The lowest BCUT2D eigenvalue weighted by Gasteiger charge is -2.35. The Kier molecular flexibility index (Phi) is 3.85. The molecule has 0 spiro atoms. The number of rotatable bonds is 3. The average Bonchev–Trinajstić information content (AvgIpc) is 2.83. The molecular formula is C11H15N3S2. The van der Waals surface area contributed by atoms with E-state index in [1.165, 1.54) is 5.01 Å². The Balaban J connectivity index is 1.88. The second-order valence-corrected chi connectivity index (χ2v) is 6.18. The molecule has 0 unspecified atom stereocenters. The van der Waals surface area contributed by atoms with Crippen LogP contribution >= 0.6 is 23.1 Å². The molecule has 1 aromatic rings. The van der Waals surface area contributed by atoms with Gasteiger partial charge in [-0.25, -0.2) is 4.98 Å². The molecule has 0 amide bonds. The van der Waals surface area contributed by atoms with Gasteiger partial charge in [-0.3, -0.25) is 4.90 Å². The summed E-state index contributed by atoms with van der Waals surface area (Å²) in [7, 11) is 0. The lowest BCUT2D eigenvalue weighted by Crippen LogP contribution is -2.41. The van der Waals surface area contributed by atoms with Crippen molar-refractivity contribution in [3.8, 4) is 6.07 Å². The van der Waals surface area contributed by atoms with E-state index in [1.54, 1.807) is 23.1 Å². The molecule has 2 heterocycles. The molecule has 0 aromatic carbocycles. The largest absolute Gasteiger partial charge is 0.296 e. The van der Waals surface area contributed by atoms with E-state index in [2.05, 4.69) is 16.0 Å². The van der Waals surface area contributed by atoms with Gasteiger partial charge in [0.25, 0.3) is 0 Å². The third-order valence-corrected chi connectivity index (χ3v) is 5.15. The summed E-state index contributed by atoms with van der Waals surface area (Å²) in [6, 6.07) is 2.47.